The van der Waals surface area contributed by atoms with Crippen LogP contribution in [0.3, 0.4) is 0 Å². The van der Waals surface area contributed by atoms with Gasteiger partial charge >= 0.3 is 0 Å². The maximum Gasteiger partial charge on any atom is 0.193 e. The van der Waals surface area contributed by atoms with E-state index in [1.807, 2.05) is 12.1 Å². The summed E-state index contributed by atoms with van der Waals surface area (Å²) in [4.78, 5) is 4.12. The molecule has 1 rings (SSSR count). The number of rotatable bonds is 7. The van der Waals surface area contributed by atoms with Crippen molar-refractivity contribution in [3.05, 3.63) is 29.8 Å². The van der Waals surface area contributed by atoms with Gasteiger partial charge in [-0.25, -0.2) is 8.42 Å². The molecule has 1 aromatic carbocycles. The van der Waals surface area contributed by atoms with Crippen LogP contribution in [0, 0.1) is 0 Å². The molecule has 0 aliphatic carbocycles. The summed E-state index contributed by atoms with van der Waals surface area (Å²) in [6.07, 6.45) is 2.81. The highest BCUT2D eigenvalue weighted by molar-refractivity contribution is 14.0. The minimum Gasteiger partial charge on any atom is -0.370 e. The number of hydrogen-bond donors (Lipinski definition) is 2. The van der Waals surface area contributed by atoms with Crippen molar-refractivity contribution in [2.24, 2.45) is 10.7 Å². The zero-order valence-corrected chi connectivity index (χ0v) is 16.5. The maximum atomic E-state index is 11.0. The molecule has 126 valence electrons. The second-order valence-corrected chi connectivity index (χ2v) is 7.57. The van der Waals surface area contributed by atoms with E-state index in [-0.39, 0.29) is 29.7 Å². The molecular formula is C15H26IN3O2S. The molecule has 0 amide bonds. The van der Waals surface area contributed by atoms with Crippen LogP contribution in [0.4, 0.5) is 5.69 Å². The molecule has 1 atom stereocenters. The third kappa shape index (κ3) is 8.57. The number of benzene rings is 1. The van der Waals surface area contributed by atoms with Crippen molar-refractivity contribution in [1.29, 1.82) is 0 Å². The van der Waals surface area contributed by atoms with E-state index in [1.54, 1.807) is 0 Å². The molecule has 0 saturated heterocycles. The van der Waals surface area contributed by atoms with Gasteiger partial charge in [0, 0.05) is 18.5 Å². The molecule has 0 aliphatic rings. The Morgan fingerprint density at radius 1 is 1.32 bits per heavy atom. The van der Waals surface area contributed by atoms with Crippen LogP contribution in [0.25, 0.3) is 0 Å². The Hall–Kier alpha value is -0.830. The van der Waals surface area contributed by atoms with E-state index >= 15 is 0 Å². The van der Waals surface area contributed by atoms with Crippen LogP contribution in [0.5, 0.6) is 0 Å². The van der Waals surface area contributed by atoms with Crippen LogP contribution in [0.2, 0.25) is 0 Å². The molecule has 1 unspecified atom stereocenters. The average molecular weight is 439 g/mol. The van der Waals surface area contributed by atoms with Crippen molar-refractivity contribution >= 4 is 45.5 Å². The molecule has 0 fully saturated rings. The summed E-state index contributed by atoms with van der Waals surface area (Å²) in [6, 6.07) is 8.10. The van der Waals surface area contributed by atoms with E-state index in [1.165, 1.54) is 11.8 Å². The van der Waals surface area contributed by atoms with Crippen LogP contribution < -0.4 is 11.1 Å². The van der Waals surface area contributed by atoms with E-state index in [2.05, 4.69) is 36.3 Å². The topological polar surface area (TPSA) is 84.5 Å². The normalized spacial score (nSPS) is 13.3. The molecule has 0 heterocycles. The highest BCUT2D eigenvalue weighted by Gasteiger charge is 2.03. The number of aliphatic imine (C=N–C) groups is 1. The van der Waals surface area contributed by atoms with E-state index in [9.17, 15) is 8.42 Å². The first-order valence-electron chi connectivity index (χ1n) is 7.16. The number of nitrogens with one attached hydrogen (secondary N) is 1. The van der Waals surface area contributed by atoms with Gasteiger partial charge in [0.1, 0.15) is 9.84 Å². The van der Waals surface area contributed by atoms with Crippen molar-refractivity contribution in [3.63, 3.8) is 0 Å². The predicted octanol–water partition coefficient (Wildman–Crippen LogP) is 2.98. The molecule has 3 N–H and O–H groups in total. The van der Waals surface area contributed by atoms with Gasteiger partial charge in [-0.1, -0.05) is 26.0 Å². The van der Waals surface area contributed by atoms with Crippen molar-refractivity contribution in [2.75, 3.05) is 23.9 Å². The van der Waals surface area contributed by atoms with Crippen molar-refractivity contribution in [2.45, 2.75) is 32.6 Å². The van der Waals surface area contributed by atoms with Gasteiger partial charge in [0.15, 0.2) is 5.96 Å². The molecule has 0 radical (unpaired) electrons. The SMILES string of the molecule is CCC(C)c1ccc(NC(N)=NCCCS(C)(=O)=O)cc1.I. The fourth-order valence-corrected chi connectivity index (χ4v) is 2.50. The second-order valence-electron chi connectivity index (χ2n) is 5.31. The summed E-state index contributed by atoms with van der Waals surface area (Å²) < 4.78 is 22.0. The zero-order valence-electron chi connectivity index (χ0n) is 13.4. The Morgan fingerprint density at radius 2 is 1.91 bits per heavy atom. The lowest BCUT2D eigenvalue weighted by Crippen LogP contribution is -2.23. The van der Waals surface area contributed by atoms with Crippen LogP contribution in [0.15, 0.2) is 29.3 Å². The first kappa shape index (κ1) is 21.2. The van der Waals surface area contributed by atoms with Gasteiger partial charge in [-0.15, -0.1) is 24.0 Å². The lowest BCUT2D eigenvalue weighted by molar-refractivity contribution is 0.599. The molecule has 5 nitrogen and oxygen atoms in total. The van der Waals surface area contributed by atoms with E-state index in [0.29, 0.717) is 24.8 Å². The van der Waals surface area contributed by atoms with Gasteiger partial charge in [-0.3, -0.25) is 4.99 Å². The van der Waals surface area contributed by atoms with Crippen molar-refractivity contribution < 1.29 is 8.42 Å². The first-order chi connectivity index (χ1) is 9.81. The van der Waals surface area contributed by atoms with Crippen molar-refractivity contribution in [1.82, 2.24) is 0 Å². The minimum atomic E-state index is -2.93. The molecule has 0 aromatic heterocycles. The summed E-state index contributed by atoms with van der Waals surface area (Å²) in [7, 11) is -2.93. The summed E-state index contributed by atoms with van der Waals surface area (Å²) in [5, 5.41) is 3.00. The van der Waals surface area contributed by atoms with E-state index in [0.717, 1.165) is 12.1 Å². The van der Waals surface area contributed by atoms with Gasteiger partial charge in [-0.2, -0.15) is 0 Å². The Labute approximate surface area is 150 Å². The number of sulfone groups is 1. The summed E-state index contributed by atoms with van der Waals surface area (Å²) >= 11 is 0. The van der Waals surface area contributed by atoms with Gasteiger partial charge in [-0.05, 0) is 36.5 Å². The van der Waals surface area contributed by atoms with E-state index < -0.39 is 9.84 Å². The largest absolute Gasteiger partial charge is 0.370 e. The van der Waals surface area contributed by atoms with Crippen molar-refractivity contribution in [3.8, 4) is 0 Å². The highest BCUT2D eigenvalue weighted by atomic mass is 127. The fourth-order valence-electron chi connectivity index (χ4n) is 1.84. The number of nitrogens with zero attached hydrogens (tertiary/aromatic N) is 1. The first-order valence-corrected chi connectivity index (χ1v) is 9.22. The Bertz CT molecular complexity index is 571. The third-order valence-corrected chi connectivity index (χ3v) is 4.35. The molecule has 22 heavy (non-hydrogen) atoms. The Balaban J connectivity index is 0.00000441. The number of hydrogen-bond acceptors (Lipinski definition) is 3. The van der Waals surface area contributed by atoms with Crippen LogP contribution in [0.1, 0.15) is 38.2 Å². The summed E-state index contributed by atoms with van der Waals surface area (Å²) in [5.41, 5.74) is 7.95. The Morgan fingerprint density at radius 3 is 2.41 bits per heavy atom. The molecular weight excluding hydrogens is 413 g/mol. The lowest BCUT2D eigenvalue weighted by atomic mass is 9.99. The minimum absolute atomic E-state index is 0. The molecule has 0 bridgehead atoms. The smallest absolute Gasteiger partial charge is 0.193 e. The third-order valence-electron chi connectivity index (χ3n) is 3.32. The number of anilines is 1. The van der Waals surface area contributed by atoms with Gasteiger partial charge < -0.3 is 11.1 Å². The highest BCUT2D eigenvalue weighted by Crippen LogP contribution is 2.20. The maximum absolute atomic E-state index is 11.0. The zero-order chi connectivity index (χ0) is 15.9. The fraction of sp³-hybridized carbons (Fsp3) is 0.533. The van der Waals surface area contributed by atoms with Gasteiger partial charge in [0.05, 0.1) is 5.75 Å². The van der Waals surface area contributed by atoms with Crippen LogP contribution in [-0.2, 0) is 9.84 Å². The van der Waals surface area contributed by atoms with E-state index in [4.69, 9.17) is 5.73 Å². The average Bonchev–Trinajstić information content (AvgIpc) is 2.42. The summed E-state index contributed by atoms with van der Waals surface area (Å²) in [6.45, 7) is 4.76. The predicted molar refractivity (Wildman–Crippen MR) is 105 cm³/mol. The van der Waals surface area contributed by atoms with Crippen LogP contribution >= 0.6 is 24.0 Å². The van der Waals surface area contributed by atoms with Crippen LogP contribution in [-0.4, -0.2) is 32.9 Å². The number of nitrogens with two attached hydrogens (primary N) is 1. The molecule has 0 spiro atoms. The lowest BCUT2D eigenvalue weighted by Gasteiger charge is -2.10. The quantitative estimate of drug-likeness (QED) is 0.296. The molecule has 1 aromatic rings. The van der Waals surface area contributed by atoms with Gasteiger partial charge in [0.2, 0.25) is 0 Å². The van der Waals surface area contributed by atoms with Gasteiger partial charge in [0.25, 0.3) is 0 Å². The molecule has 7 heteroatoms. The summed E-state index contributed by atoms with van der Waals surface area (Å²) in [5.74, 6) is 0.980. The Kier molecular flexibility index (Phi) is 9.66. The molecule has 0 saturated carbocycles. The number of guanidine groups is 1. The second kappa shape index (κ2) is 10.0. The number of halogens is 1. The standard InChI is InChI=1S/C15H25N3O2S.HI/c1-4-12(2)13-6-8-14(9-7-13)18-15(16)17-10-5-11-21(3,19)20;/h6-9,12H,4-5,10-11H2,1-3H3,(H3,16,17,18);1H. The monoisotopic (exact) mass is 439 g/mol. The molecule has 0 aliphatic heterocycles.